The molecule has 1 aromatic rings. The fourth-order valence-corrected chi connectivity index (χ4v) is 3.02. The molecule has 1 aromatic heterocycles. The van der Waals surface area contributed by atoms with E-state index in [4.69, 9.17) is 4.42 Å². The molecule has 4 heteroatoms. The first kappa shape index (κ1) is 9.90. The largest absolute Gasteiger partial charge is 0.472 e. The van der Waals surface area contributed by atoms with Gasteiger partial charge in [0, 0.05) is 12.1 Å². The first-order valence-corrected chi connectivity index (χ1v) is 5.78. The molecule has 2 bridgehead atoms. The van der Waals surface area contributed by atoms with E-state index in [1.165, 1.54) is 12.5 Å². The van der Waals surface area contributed by atoms with Crippen LogP contribution < -0.4 is 0 Å². The van der Waals surface area contributed by atoms with Crippen LogP contribution in [0, 0.1) is 0 Å². The summed E-state index contributed by atoms with van der Waals surface area (Å²) in [5.74, 6) is 0.0492. The smallest absolute Gasteiger partial charge is 0.257 e. The van der Waals surface area contributed by atoms with Gasteiger partial charge in [0.2, 0.25) is 0 Å². The molecular formula is C12H15NO3. The van der Waals surface area contributed by atoms with Gasteiger partial charge in [-0.2, -0.15) is 0 Å². The summed E-state index contributed by atoms with van der Waals surface area (Å²) >= 11 is 0. The topological polar surface area (TPSA) is 53.7 Å². The maximum Gasteiger partial charge on any atom is 0.257 e. The lowest BCUT2D eigenvalue weighted by Gasteiger charge is -2.36. The van der Waals surface area contributed by atoms with Gasteiger partial charge in [0.05, 0.1) is 17.9 Å². The molecule has 4 nitrogen and oxygen atoms in total. The highest BCUT2D eigenvalue weighted by atomic mass is 16.3. The average Bonchev–Trinajstić information content (AvgIpc) is 2.85. The molecule has 2 atom stereocenters. The van der Waals surface area contributed by atoms with Crippen LogP contribution in [0.25, 0.3) is 0 Å². The Bertz CT molecular complexity index is 373. The van der Waals surface area contributed by atoms with E-state index in [0.29, 0.717) is 5.56 Å². The molecule has 2 aliphatic rings. The summed E-state index contributed by atoms with van der Waals surface area (Å²) in [6.07, 6.45) is 6.27. The van der Waals surface area contributed by atoms with Crippen LogP contribution in [-0.2, 0) is 0 Å². The Labute approximate surface area is 93.8 Å². The van der Waals surface area contributed by atoms with E-state index in [-0.39, 0.29) is 24.1 Å². The van der Waals surface area contributed by atoms with E-state index >= 15 is 0 Å². The van der Waals surface area contributed by atoms with Gasteiger partial charge >= 0.3 is 0 Å². The number of hydrogen-bond donors (Lipinski definition) is 1. The summed E-state index contributed by atoms with van der Waals surface area (Å²) in [6, 6.07) is 2.14. The third kappa shape index (κ3) is 1.45. The summed E-state index contributed by atoms with van der Waals surface area (Å²) in [5, 5.41) is 9.66. The summed E-state index contributed by atoms with van der Waals surface area (Å²) < 4.78 is 4.94. The van der Waals surface area contributed by atoms with E-state index in [9.17, 15) is 9.90 Å². The van der Waals surface area contributed by atoms with Gasteiger partial charge in [0.25, 0.3) is 5.91 Å². The van der Waals surface area contributed by atoms with E-state index in [1.54, 1.807) is 6.07 Å². The normalized spacial score (nSPS) is 33.1. The van der Waals surface area contributed by atoms with Gasteiger partial charge in [-0.1, -0.05) is 0 Å². The zero-order valence-electron chi connectivity index (χ0n) is 9.00. The van der Waals surface area contributed by atoms with Crippen LogP contribution in [0.2, 0.25) is 0 Å². The lowest BCUT2D eigenvalue weighted by Crippen LogP contribution is -2.47. The number of furan rings is 1. The maximum absolute atomic E-state index is 12.2. The highest BCUT2D eigenvalue weighted by Crippen LogP contribution is 2.36. The Hall–Kier alpha value is -1.29. The van der Waals surface area contributed by atoms with Crippen molar-refractivity contribution in [2.75, 3.05) is 0 Å². The van der Waals surface area contributed by atoms with Gasteiger partial charge < -0.3 is 14.4 Å². The standard InChI is InChI=1S/C12H15NO3/c14-11-5-9-1-2-10(6-11)13(9)12(15)8-3-4-16-7-8/h3-4,7,9-11,14H,1-2,5-6H2. The quantitative estimate of drug-likeness (QED) is 0.780. The van der Waals surface area contributed by atoms with Crippen molar-refractivity contribution in [3.63, 3.8) is 0 Å². The fourth-order valence-electron chi connectivity index (χ4n) is 3.02. The molecule has 0 radical (unpaired) electrons. The van der Waals surface area contributed by atoms with Crippen molar-refractivity contribution in [2.45, 2.75) is 43.9 Å². The van der Waals surface area contributed by atoms with Gasteiger partial charge in [0.15, 0.2) is 0 Å². The number of rotatable bonds is 1. The number of aliphatic hydroxyl groups is 1. The summed E-state index contributed by atoms with van der Waals surface area (Å²) in [6.45, 7) is 0. The molecular weight excluding hydrogens is 206 g/mol. The monoisotopic (exact) mass is 221 g/mol. The van der Waals surface area contributed by atoms with E-state index < -0.39 is 0 Å². The van der Waals surface area contributed by atoms with Gasteiger partial charge in [0.1, 0.15) is 6.26 Å². The average molecular weight is 221 g/mol. The number of fused-ring (bicyclic) bond motifs is 2. The molecule has 16 heavy (non-hydrogen) atoms. The number of nitrogens with zero attached hydrogens (tertiary/aromatic N) is 1. The molecule has 2 unspecified atom stereocenters. The number of carbonyl (C=O) groups excluding carboxylic acids is 1. The molecule has 1 N–H and O–H groups in total. The van der Waals surface area contributed by atoms with Crippen LogP contribution in [-0.4, -0.2) is 34.1 Å². The Kier molecular flexibility index (Phi) is 2.24. The Balaban J connectivity index is 1.84. The Morgan fingerprint density at radius 3 is 2.62 bits per heavy atom. The minimum Gasteiger partial charge on any atom is -0.472 e. The molecule has 2 fully saturated rings. The molecule has 0 spiro atoms. The molecule has 86 valence electrons. The Morgan fingerprint density at radius 1 is 1.38 bits per heavy atom. The second-order valence-electron chi connectivity index (χ2n) is 4.73. The van der Waals surface area contributed by atoms with Crippen LogP contribution in [0.15, 0.2) is 23.0 Å². The van der Waals surface area contributed by atoms with Crippen molar-refractivity contribution in [3.05, 3.63) is 24.2 Å². The molecule has 3 heterocycles. The SMILES string of the molecule is O=C(c1ccoc1)N1C2CCC1CC(O)C2. The maximum atomic E-state index is 12.2. The first-order chi connectivity index (χ1) is 7.75. The van der Waals surface area contributed by atoms with Gasteiger partial charge in [-0.15, -0.1) is 0 Å². The molecule has 2 saturated heterocycles. The molecule has 1 amide bonds. The van der Waals surface area contributed by atoms with Crippen LogP contribution in [0.4, 0.5) is 0 Å². The molecule has 3 rings (SSSR count). The minimum atomic E-state index is -0.231. The van der Waals surface area contributed by atoms with Crippen LogP contribution >= 0.6 is 0 Å². The summed E-state index contributed by atoms with van der Waals surface area (Å²) in [7, 11) is 0. The second-order valence-corrected chi connectivity index (χ2v) is 4.73. The minimum absolute atomic E-state index is 0.0492. The number of aliphatic hydroxyl groups excluding tert-OH is 1. The third-order valence-corrected chi connectivity index (χ3v) is 3.71. The zero-order valence-corrected chi connectivity index (χ0v) is 9.00. The van der Waals surface area contributed by atoms with E-state index in [0.717, 1.165) is 25.7 Å². The van der Waals surface area contributed by atoms with Crippen molar-refractivity contribution < 1.29 is 14.3 Å². The summed E-state index contributed by atoms with van der Waals surface area (Å²) in [5.41, 5.74) is 0.619. The van der Waals surface area contributed by atoms with Crippen molar-refractivity contribution in [1.29, 1.82) is 0 Å². The molecule has 0 saturated carbocycles. The van der Waals surface area contributed by atoms with Crippen molar-refractivity contribution >= 4 is 5.91 Å². The lowest BCUT2D eigenvalue weighted by molar-refractivity contribution is 0.0286. The number of hydrogen-bond acceptors (Lipinski definition) is 3. The predicted molar refractivity (Wildman–Crippen MR) is 56.9 cm³/mol. The number of piperidine rings is 1. The van der Waals surface area contributed by atoms with Crippen molar-refractivity contribution in [2.24, 2.45) is 0 Å². The number of amides is 1. The lowest BCUT2D eigenvalue weighted by atomic mass is 9.99. The fraction of sp³-hybridized carbons (Fsp3) is 0.583. The molecule has 0 aliphatic carbocycles. The predicted octanol–water partition coefficient (Wildman–Crippen LogP) is 1.41. The second kappa shape index (κ2) is 3.63. The molecule has 2 aliphatic heterocycles. The zero-order chi connectivity index (χ0) is 11.1. The van der Waals surface area contributed by atoms with Crippen LogP contribution in [0.3, 0.4) is 0 Å². The Morgan fingerprint density at radius 2 is 2.06 bits per heavy atom. The van der Waals surface area contributed by atoms with E-state index in [1.807, 2.05) is 4.90 Å². The first-order valence-electron chi connectivity index (χ1n) is 5.78. The van der Waals surface area contributed by atoms with Crippen LogP contribution in [0.1, 0.15) is 36.0 Å². The van der Waals surface area contributed by atoms with E-state index in [2.05, 4.69) is 0 Å². The van der Waals surface area contributed by atoms with Crippen LogP contribution in [0.5, 0.6) is 0 Å². The summed E-state index contributed by atoms with van der Waals surface area (Å²) in [4.78, 5) is 14.2. The van der Waals surface area contributed by atoms with Crippen molar-refractivity contribution in [3.8, 4) is 0 Å². The third-order valence-electron chi connectivity index (χ3n) is 3.71. The van der Waals surface area contributed by atoms with Gasteiger partial charge in [-0.05, 0) is 31.7 Å². The number of carbonyl (C=O) groups is 1. The highest BCUT2D eigenvalue weighted by Gasteiger charge is 2.43. The highest BCUT2D eigenvalue weighted by molar-refractivity contribution is 5.94. The molecule has 0 aromatic carbocycles. The van der Waals surface area contributed by atoms with Gasteiger partial charge in [-0.3, -0.25) is 4.79 Å². The van der Waals surface area contributed by atoms with Crippen molar-refractivity contribution in [1.82, 2.24) is 4.90 Å². The van der Waals surface area contributed by atoms with Gasteiger partial charge in [-0.25, -0.2) is 0 Å².